The number of carbonyl (C=O) groups excluding carboxylic acids is 1. The lowest BCUT2D eigenvalue weighted by molar-refractivity contribution is -0.117. The maximum atomic E-state index is 13.1. The van der Waals surface area contributed by atoms with Crippen LogP contribution in [-0.2, 0) is 4.79 Å². The second kappa shape index (κ2) is 9.12. The number of hydrogen-bond donors (Lipinski definition) is 6. The number of aromatic nitrogens is 5. The molecule has 0 saturated carbocycles. The Morgan fingerprint density at radius 2 is 2.06 bits per heavy atom. The molecule has 2 aliphatic rings. The van der Waals surface area contributed by atoms with E-state index >= 15 is 0 Å². The lowest BCUT2D eigenvalue weighted by atomic mass is 10.1. The molecule has 1 amide bonds. The van der Waals surface area contributed by atoms with E-state index in [1.807, 2.05) is 19.9 Å². The molecule has 0 radical (unpaired) electrons. The molecular formula is C23H28N8O4. The van der Waals surface area contributed by atoms with Gasteiger partial charge in [0.05, 0.1) is 23.6 Å². The lowest BCUT2D eigenvalue weighted by Crippen LogP contribution is -2.41. The second-order valence-electron chi connectivity index (χ2n) is 9.21. The van der Waals surface area contributed by atoms with E-state index in [1.54, 1.807) is 4.90 Å². The second-order valence-corrected chi connectivity index (χ2v) is 9.21. The fourth-order valence-electron chi connectivity index (χ4n) is 4.53. The molecule has 5 rings (SSSR count). The number of nitrogens with one attached hydrogen (secondary N) is 4. The number of carbonyl (C=O) groups is 1. The fraction of sp³-hybridized carbons (Fsp3) is 0.435. The topological polar surface area (TPSA) is 172 Å². The largest absolute Gasteiger partial charge is 0.388 e. The molecule has 1 aliphatic heterocycles. The van der Waals surface area contributed by atoms with E-state index in [0.29, 0.717) is 41.5 Å². The van der Waals surface area contributed by atoms with Crippen molar-refractivity contribution in [3.8, 4) is 0 Å². The van der Waals surface area contributed by atoms with Crippen LogP contribution in [0.15, 0.2) is 29.2 Å². The summed E-state index contributed by atoms with van der Waals surface area (Å²) in [5.74, 6) is 1.18. The number of nitrogens with zero attached hydrogens (tertiary/aromatic N) is 4. The molecule has 1 aliphatic carbocycles. The standard InChI is InChI=1S/C23H28N8O4/c1-11(2)13-8-17(30-29-13)26-21-19-15(32)9-16(33)20(19)27-23(28-21)31-7-3-4-14(31)22(35)25-12-5-6-18(34)24-10-12/h5-6,8,10-11,14-16,32-33H,3-4,7,9H2,1-2H3,(H,24,34)(H,25,35)(H2,26,27,28,29,30)/t14-,15+,16+/m0/s1. The number of aliphatic hydroxyl groups excluding tert-OH is 2. The van der Waals surface area contributed by atoms with Gasteiger partial charge >= 0.3 is 0 Å². The van der Waals surface area contributed by atoms with Gasteiger partial charge in [-0.3, -0.25) is 14.7 Å². The number of rotatable bonds is 6. The highest BCUT2D eigenvalue weighted by molar-refractivity contribution is 5.96. The highest BCUT2D eigenvalue weighted by atomic mass is 16.3. The van der Waals surface area contributed by atoms with Crippen LogP contribution in [0.5, 0.6) is 0 Å². The molecule has 12 nitrogen and oxygen atoms in total. The summed E-state index contributed by atoms with van der Waals surface area (Å²) in [6, 6.07) is 4.22. The zero-order chi connectivity index (χ0) is 24.7. The molecule has 6 N–H and O–H groups in total. The Hall–Kier alpha value is -3.77. The van der Waals surface area contributed by atoms with Crippen molar-refractivity contribution < 1.29 is 15.0 Å². The predicted molar refractivity (Wildman–Crippen MR) is 129 cm³/mol. The highest BCUT2D eigenvalue weighted by Crippen LogP contribution is 2.43. The first kappa shape index (κ1) is 23.0. The first-order chi connectivity index (χ1) is 16.8. The quantitative estimate of drug-likeness (QED) is 0.308. The van der Waals surface area contributed by atoms with Crippen LogP contribution in [0.3, 0.4) is 0 Å². The van der Waals surface area contributed by atoms with Crippen molar-refractivity contribution in [2.75, 3.05) is 22.1 Å². The molecule has 3 aromatic rings. The molecule has 4 heterocycles. The molecule has 3 aromatic heterocycles. The van der Waals surface area contributed by atoms with Crippen LogP contribution in [0.25, 0.3) is 0 Å². The minimum Gasteiger partial charge on any atom is -0.388 e. The number of aliphatic hydroxyl groups is 2. The summed E-state index contributed by atoms with van der Waals surface area (Å²) in [5, 5.41) is 34.4. The minimum absolute atomic E-state index is 0.121. The van der Waals surface area contributed by atoms with E-state index in [0.717, 1.165) is 12.1 Å². The molecule has 1 saturated heterocycles. The Morgan fingerprint density at radius 3 is 2.77 bits per heavy atom. The van der Waals surface area contributed by atoms with Crippen molar-refractivity contribution in [3.63, 3.8) is 0 Å². The van der Waals surface area contributed by atoms with Gasteiger partial charge in [0.25, 0.3) is 0 Å². The van der Waals surface area contributed by atoms with Gasteiger partial charge in [0.15, 0.2) is 5.82 Å². The molecule has 0 aromatic carbocycles. The number of fused-ring (bicyclic) bond motifs is 1. The van der Waals surface area contributed by atoms with Gasteiger partial charge in [-0.25, -0.2) is 4.98 Å². The van der Waals surface area contributed by atoms with Crippen molar-refractivity contribution in [1.82, 2.24) is 25.1 Å². The van der Waals surface area contributed by atoms with Gasteiger partial charge in [-0.1, -0.05) is 13.8 Å². The summed E-state index contributed by atoms with van der Waals surface area (Å²) in [5.41, 5.74) is 1.95. The maximum Gasteiger partial charge on any atom is 0.248 e. The average molecular weight is 481 g/mol. The zero-order valence-corrected chi connectivity index (χ0v) is 19.4. The SMILES string of the molecule is CC(C)c1cc(Nc2nc(N3CCC[C@H]3C(=O)Nc3ccc(=O)[nH]c3)nc3c2[C@H](O)C[C@H]3O)n[nH]1. The van der Waals surface area contributed by atoms with E-state index in [1.165, 1.54) is 18.3 Å². The van der Waals surface area contributed by atoms with Crippen LogP contribution < -0.4 is 21.1 Å². The number of anilines is 4. The normalized spacial score (nSPS) is 21.4. The van der Waals surface area contributed by atoms with Crippen molar-refractivity contribution in [2.45, 2.75) is 57.3 Å². The van der Waals surface area contributed by atoms with E-state index < -0.39 is 18.2 Å². The number of aromatic amines is 2. The van der Waals surface area contributed by atoms with Crippen LogP contribution in [0.4, 0.5) is 23.3 Å². The number of pyridine rings is 1. The van der Waals surface area contributed by atoms with Gasteiger partial charge in [0, 0.05) is 42.6 Å². The maximum absolute atomic E-state index is 13.1. The third kappa shape index (κ3) is 4.49. The molecular weight excluding hydrogens is 452 g/mol. The van der Waals surface area contributed by atoms with Crippen molar-refractivity contribution in [2.24, 2.45) is 0 Å². The monoisotopic (exact) mass is 480 g/mol. The lowest BCUT2D eigenvalue weighted by Gasteiger charge is -2.25. The smallest absolute Gasteiger partial charge is 0.248 e. The van der Waals surface area contributed by atoms with Crippen LogP contribution in [0.2, 0.25) is 0 Å². The fourth-order valence-corrected chi connectivity index (χ4v) is 4.53. The summed E-state index contributed by atoms with van der Waals surface area (Å²) in [4.78, 5) is 37.9. The highest BCUT2D eigenvalue weighted by Gasteiger charge is 2.38. The van der Waals surface area contributed by atoms with Crippen molar-refractivity contribution in [3.05, 3.63) is 51.7 Å². The third-order valence-corrected chi connectivity index (χ3v) is 6.39. The molecule has 0 bridgehead atoms. The summed E-state index contributed by atoms with van der Waals surface area (Å²) in [7, 11) is 0. The molecule has 0 spiro atoms. The molecule has 12 heteroatoms. The van der Waals surface area contributed by atoms with E-state index in [9.17, 15) is 19.8 Å². The predicted octanol–water partition coefficient (Wildman–Crippen LogP) is 1.83. The molecule has 0 unspecified atom stereocenters. The van der Waals surface area contributed by atoms with Gasteiger partial charge < -0.3 is 30.7 Å². The average Bonchev–Trinajstić information content (AvgIpc) is 3.55. The van der Waals surface area contributed by atoms with Crippen LogP contribution >= 0.6 is 0 Å². The number of hydrogen-bond acceptors (Lipinski definition) is 9. The van der Waals surface area contributed by atoms with Crippen molar-refractivity contribution in [1.29, 1.82) is 0 Å². The van der Waals surface area contributed by atoms with Crippen LogP contribution in [-0.4, -0.2) is 53.9 Å². The number of H-pyrrole nitrogens is 2. The molecule has 3 atom stereocenters. The van der Waals surface area contributed by atoms with Gasteiger partial charge in [0.2, 0.25) is 17.4 Å². The summed E-state index contributed by atoms with van der Waals surface area (Å²) >= 11 is 0. The van der Waals surface area contributed by atoms with Crippen molar-refractivity contribution >= 4 is 29.2 Å². The Kier molecular flexibility index (Phi) is 5.99. The van der Waals surface area contributed by atoms with Gasteiger partial charge in [-0.15, -0.1) is 0 Å². The Labute approximate surface area is 200 Å². The van der Waals surface area contributed by atoms with Gasteiger partial charge in [0.1, 0.15) is 11.9 Å². The first-order valence-corrected chi connectivity index (χ1v) is 11.7. The zero-order valence-electron chi connectivity index (χ0n) is 19.4. The summed E-state index contributed by atoms with van der Waals surface area (Å²) in [6.07, 6.45) is 1.06. The van der Waals surface area contributed by atoms with Crippen LogP contribution in [0.1, 0.15) is 68.2 Å². The Bertz CT molecular complexity index is 1280. The molecule has 1 fully saturated rings. The Balaban J connectivity index is 1.46. The Morgan fingerprint density at radius 1 is 1.23 bits per heavy atom. The summed E-state index contributed by atoms with van der Waals surface area (Å²) < 4.78 is 0. The van der Waals surface area contributed by atoms with Crippen LogP contribution in [0, 0.1) is 0 Å². The first-order valence-electron chi connectivity index (χ1n) is 11.7. The number of amides is 1. The van der Waals surface area contributed by atoms with E-state index in [2.05, 4.69) is 35.8 Å². The van der Waals surface area contributed by atoms with Gasteiger partial charge in [-0.2, -0.15) is 10.1 Å². The van der Waals surface area contributed by atoms with Gasteiger partial charge in [-0.05, 0) is 24.8 Å². The third-order valence-electron chi connectivity index (χ3n) is 6.39. The minimum atomic E-state index is -0.941. The summed E-state index contributed by atoms with van der Waals surface area (Å²) in [6.45, 7) is 4.65. The molecule has 35 heavy (non-hydrogen) atoms. The van der Waals surface area contributed by atoms with E-state index in [4.69, 9.17) is 0 Å². The molecule has 184 valence electrons. The van der Waals surface area contributed by atoms with E-state index in [-0.39, 0.29) is 29.8 Å².